The second-order valence-corrected chi connectivity index (χ2v) is 8.31. The van der Waals surface area contributed by atoms with Crippen LogP contribution in [-0.2, 0) is 15.6 Å². The van der Waals surface area contributed by atoms with E-state index in [1.54, 1.807) is 24.3 Å². The molecule has 1 amide bonds. The standard InChI is InChI=1S/C16H17BrN2O3S/c1-11-8-14(6-7-15(11)17)18-19-16(20)13-5-3-4-12(9-13)10-23(2,21)22/h3-9,18H,10H2,1-2H3,(H,19,20). The number of aryl methyl sites for hydroxylation is 1. The lowest BCUT2D eigenvalue weighted by Gasteiger charge is -2.10. The Morgan fingerprint density at radius 3 is 2.57 bits per heavy atom. The Balaban J connectivity index is 2.05. The lowest BCUT2D eigenvalue weighted by Crippen LogP contribution is -2.29. The van der Waals surface area contributed by atoms with Crippen molar-refractivity contribution in [2.45, 2.75) is 12.7 Å². The molecule has 2 aromatic rings. The van der Waals surface area contributed by atoms with Gasteiger partial charge in [0.05, 0.1) is 11.4 Å². The van der Waals surface area contributed by atoms with Crippen LogP contribution in [0.4, 0.5) is 5.69 Å². The van der Waals surface area contributed by atoms with E-state index in [1.807, 2.05) is 25.1 Å². The number of carbonyl (C=O) groups is 1. The number of carbonyl (C=O) groups excluding carboxylic acids is 1. The molecule has 0 aliphatic carbocycles. The molecule has 0 radical (unpaired) electrons. The topological polar surface area (TPSA) is 75.3 Å². The van der Waals surface area contributed by atoms with Crippen LogP contribution in [0.25, 0.3) is 0 Å². The van der Waals surface area contributed by atoms with Gasteiger partial charge in [-0.1, -0.05) is 28.1 Å². The average molecular weight is 397 g/mol. The van der Waals surface area contributed by atoms with Gasteiger partial charge < -0.3 is 0 Å². The van der Waals surface area contributed by atoms with Crippen LogP contribution >= 0.6 is 15.9 Å². The third-order valence-corrected chi connectivity index (χ3v) is 4.84. The van der Waals surface area contributed by atoms with Crippen molar-refractivity contribution in [1.82, 2.24) is 5.43 Å². The molecule has 7 heteroatoms. The lowest BCUT2D eigenvalue weighted by atomic mass is 10.1. The first-order chi connectivity index (χ1) is 10.7. The van der Waals surface area contributed by atoms with E-state index in [2.05, 4.69) is 26.8 Å². The molecule has 2 rings (SSSR count). The van der Waals surface area contributed by atoms with Crippen LogP contribution in [0.1, 0.15) is 21.5 Å². The Labute approximate surface area is 144 Å². The first-order valence-electron chi connectivity index (χ1n) is 6.84. The smallest absolute Gasteiger partial charge is 0.269 e. The van der Waals surface area contributed by atoms with Crippen molar-refractivity contribution in [3.8, 4) is 0 Å². The maximum atomic E-state index is 12.2. The number of hydrogen-bond acceptors (Lipinski definition) is 4. The summed E-state index contributed by atoms with van der Waals surface area (Å²) < 4.78 is 23.7. The number of benzene rings is 2. The Morgan fingerprint density at radius 1 is 1.17 bits per heavy atom. The van der Waals surface area contributed by atoms with Crippen LogP contribution in [0.15, 0.2) is 46.9 Å². The van der Waals surface area contributed by atoms with Gasteiger partial charge in [0, 0.05) is 16.3 Å². The molecule has 0 saturated carbocycles. The Hall–Kier alpha value is -1.86. The quantitative estimate of drug-likeness (QED) is 0.761. The predicted octanol–water partition coefficient (Wildman–Crippen LogP) is 3.06. The lowest BCUT2D eigenvalue weighted by molar-refractivity contribution is 0.0962. The van der Waals surface area contributed by atoms with Gasteiger partial charge in [-0.15, -0.1) is 0 Å². The highest BCUT2D eigenvalue weighted by Crippen LogP contribution is 2.19. The summed E-state index contributed by atoms with van der Waals surface area (Å²) in [5.41, 5.74) is 8.21. The SMILES string of the molecule is Cc1cc(NNC(=O)c2cccc(CS(C)(=O)=O)c2)ccc1Br. The molecular formula is C16H17BrN2O3S. The number of anilines is 1. The molecule has 23 heavy (non-hydrogen) atoms. The van der Waals surface area contributed by atoms with Gasteiger partial charge in [-0.05, 0) is 48.4 Å². The maximum absolute atomic E-state index is 12.2. The highest BCUT2D eigenvalue weighted by atomic mass is 79.9. The van der Waals surface area contributed by atoms with Crippen molar-refractivity contribution in [3.63, 3.8) is 0 Å². The van der Waals surface area contributed by atoms with Crippen molar-refractivity contribution < 1.29 is 13.2 Å². The monoisotopic (exact) mass is 396 g/mol. The molecule has 0 bridgehead atoms. The summed E-state index contributed by atoms with van der Waals surface area (Å²) >= 11 is 3.41. The van der Waals surface area contributed by atoms with E-state index in [1.165, 1.54) is 0 Å². The van der Waals surface area contributed by atoms with Crippen molar-refractivity contribution in [3.05, 3.63) is 63.6 Å². The van der Waals surface area contributed by atoms with Gasteiger partial charge in [0.2, 0.25) is 0 Å². The summed E-state index contributed by atoms with van der Waals surface area (Å²) in [5, 5.41) is 0. The molecule has 0 aromatic heterocycles. The number of hydrogen-bond donors (Lipinski definition) is 2. The van der Waals surface area contributed by atoms with E-state index in [0.717, 1.165) is 22.0 Å². The molecule has 0 unspecified atom stereocenters. The van der Waals surface area contributed by atoms with E-state index in [9.17, 15) is 13.2 Å². The van der Waals surface area contributed by atoms with E-state index in [-0.39, 0.29) is 11.7 Å². The molecule has 2 aromatic carbocycles. The van der Waals surface area contributed by atoms with Gasteiger partial charge >= 0.3 is 0 Å². The highest BCUT2D eigenvalue weighted by molar-refractivity contribution is 9.10. The molecule has 0 saturated heterocycles. The van der Waals surface area contributed by atoms with E-state index in [4.69, 9.17) is 0 Å². The predicted molar refractivity (Wildman–Crippen MR) is 95.0 cm³/mol. The Kier molecular flexibility index (Phi) is 5.43. The second-order valence-electron chi connectivity index (χ2n) is 5.31. The van der Waals surface area contributed by atoms with Gasteiger partial charge in [0.15, 0.2) is 9.84 Å². The van der Waals surface area contributed by atoms with Crippen LogP contribution in [0.2, 0.25) is 0 Å². The van der Waals surface area contributed by atoms with Gasteiger partial charge in [-0.3, -0.25) is 15.6 Å². The van der Waals surface area contributed by atoms with Crippen molar-refractivity contribution in [2.75, 3.05) is 11.7 Å². The minimum absolute atomic E-state index is 0.0898. The minimum Gasteiger partial charge on any atom is -0.298 e. The van der Waals surface area contributed by atoms with Crippen LogP contribution in [0.5, 0.6) is 0 Å². The van der Waals surface area contributed by atoms with Gasteiger partial charge in [0.1, 0.15) is 0 Å². The molecule has 2 N–H and O–H groups in total. The second kappa shape index (κ2) is 7.14. The molecule has 0 aliphatic heterocycles. The van der Waals surface area contributed by atoms with Crippen LogP contribution < -0.4 is 10.9 Å². The zero-order valence-corrected chi connectivity index (χ0v) is 15.2. The molecular weight excluding hydrogens is 380 g/mol. The summed E-state index contributed by atoms with van der Waals surface area (Å²) in [7, 11) is -3.14. The third-order valence-electron chi connectivity index (χ3n) is 3.10. The number of sulfone groups is 1. The normalized spacial score (nSPS) is 11.1. The Bertz CT molecular complexity index is 835. The van der Waals surface area contributed by atoms with E-state index in [0.29, 0.717) is 11.1 Å². The fraction of sp³-hybridized carbons (Fsp3) is 0.188. The van der Waals surface area contributed by atoms with Crippen molar-refractivity contribution in [1.29, 1.82) is 0 Å². The van der Waals surface area contributed by atoms with Crippen LogP contribution in [0, 0.1) is 6.92 Å². The van der Waals surface area contributed by atoms with E-state index >= 15 is 0 Å². The van der Waals surface area contributed by atoms with Gasteiger partial charge in [0.25, 0.3) is 5.91 Å². The largest absolute Gasteiger partial charge is 0.298 e. The molecule has 122 valence electrons. The van der Waals surface area contributed by atoms with Crippen molar-refractivity contribution in [2.24, 2.45) is 0 Å². The molecule has 0 aliphatic rings. The first kappa shape index (κ1) is 17.5. The summed E-state index contributed by atoms with van der Waals surface area (Å²) in [6, 6.07) is 12.2. The molecule has 0 atom stereocenters. The average Bonchev–Trinajstić information content (AvgIpc) is 2.46. The highest BCUT2D eigenvalue weighted by Gasteiger charge is 2.09. The maximum Gasteiger partial charge on any atom is 0.269 e. The zero-order chi connectivity index (χ0) is 17.0. The summed E-state index contributed by atoms with van der Waals surface area (Å²) in [6.45, 7) is 1.95. The number of halogens is 1. The molecule has 0 fully saturated rings. The number of rotatable bonds is 5. The number of hydrazine groups is 1. The number of nitrogens with one attached hydrogen (secondary N) is 2. The van der Waals surface area contributed by atoms with Gasteiger partial charge in [-0.25, -0.2) is 8.42 Å². The van der Waals surface area contributed by atoms with Crippen LogP contribution in [0.3, 0.4) is 0 Å². The third kappa shape index (κ3) is 5.37. The fourth-order valence-electron chi connectivity index (χ4n) is 2.03. The summed E-state index contributed by atoms with van der Waals surface area (Å²) in [4.78, 5) is 12.2. The number of amides is 1. The first-order valence-corrected chi connectivity index (χ1v) is 9.69. The summed E-state index contributed by atoms with van der Waals surface area (Å²) in [5.74, 6) is -0.422. The van der Waals surface area contributed by atoms with Gasteiger partial charge in [-0.2, -0.15) is 0 Å². The molecule has 0 heterocycles. The molecule has 0 spiro atoms. The van der Waals surface area contributed by atoms with Crippen molar-refractivity contribution >= 4 is 37.4 Å². The zero-order valence-electron chi connectivity index (χ0n) is 12.8. The Morgan fingerprint density at radius 2 is 1.91 bits per heavy atom. The molecule has 5 nitrogen and oxygen atoms in total. The van der Waals surface area contributed by atoms with Crippen LogP contribution in [-0.4, -0.2) is 20.6 Å². The summed E-state index contributed by atoms with van der Waals surface area (Å²) in [6.07, 6.45) is 1.16. The minimum atomic E-state index is -3.14. The fourth-order valence-corrected chi connectivity index (χ4v) is 3.06. The van der Waals surface area contributed by atoms with E-state index < -0.39 is 9.84 Å².